The number of hydrazone groups is 1. The normalized spacial score (nSPS) is 19.7. The quantitative estimate of drug-likeness (QED) is 0.392. The topological polar surface area (TPSA) is 41.5 Å². The van der Waals surface area contributed by atoms with Crippen molar-refractivity contribution >= 4 is 12.1 Å². The average molecular weight is 324 g/mol. The van der Waals surface area contributed by atoms with Crippen LogP contribution in [0.2, 0.25) is 0 Å². The van der Waals surface area contributed by atoms with Crippen LogP contribution in [0.25, 0.3) is 0 Å². The summed E-state index contributed by atoms with van der Waals surface area (Å²) in [7, 11) is 0. The summed E-state index contributed by atoms with van der Waals surface area (Å²) in [5.74, 6) is 0.00120. The molecular weight excluding hydrogens is 296 g/mol. The number of unbranched alkanes of at least 4 members (excludes halogenated alkanes) is 4. The van der Waals surface area contributed by atoms with Gasteiger partial charge in [-0.25, -0.2) is 5.43 Å². The number of carbonyl (C=O) groups is 1. The van der Waals surface area contributed by atoms with Crippen LogP contribution >= 0.6 is 0 Å². The Hall–Kier alpha value is -2.16. The Labute approximate surface area is 145 Å². The first-order chi connectivity index (χ1) is 11.8. The molecule has 1 aromatic carbocycles. The minimum absolute atomic E-state index is 0.00120. The molecule has 128 valence electrons. The molecule has 24 heavy (non-hydrogen) atoms. The van der Waals surface area contributed by atoms with Crippen LogP contribution in [0.3, 0.4) is 0 Å². The van der Waals surface area contributed by atoms with E-state index in [9.17, 15) is 4.79 Å². The van der Waals surface area contributed by atoms with Crippen molar-refractivity contribution in [1.29, 1.82) is 0 Å². The SMILES string of the molecule is CCCCCCCC(=O)N/N=C\C1(c2ccccc2)C=CC=CC1. The van der Waals surface area contributed by atoms with E-state index in [4.69, 9.17) is 0 Å². The molecule has 1 unspecified atom stereocenters. The molecule has 0 saturated heterocycles. The molecule has 0 fully saturated rings. The number of rotatable bonds is 9. The number of benzene rings is 1. The Morgan fingerprint density at radius 3 is 2.67 bits per heavy atom. The summed E-state index contributed by atoms with van der Waals surface area (Å²) in [5, 5.41) is 4.25. The molecule has 0 aliphatic heterocycles. The maximum Gasteiger partial charge on any atom is 0.240 e. The van der Waals surface area contributed by atoms with Gasteiger partial charge in [0.05, 0.1) is 5.41 Å². The van der Waals surface area contributed by atoms with Gasteiger partial charge in [0.15, 0.2) is 0 Å². The summed E-state index contributed by atoms with van der Waals surface area (Å²) in [4.78, 5) is 11.9. The van der Waals surface area contributed by atoms with Crippen molar-refractivity contribution < 1.29 is 4.79 Å². The Balaban J connectivity index is 1.89. The van der Waals surface area contributed by atoms with Crippen LogP contribution in [0.4, 0.5) is 0 Å². The fourth-order valence-electron chi connectivity index (χ4n) is 2.93. The van der Waals surface area contributed by atoms with Crippen molar-refractivity contribution in [2.24, 2.45) is 5.10 Å². The van der Waals surface area contributed by atoms with E-state index in [0.717, 1.165) is 19.3 Å². The molecular formula is C21H28N2O. The molecule has 0 saturated carbocycles. The molecule has 1 amide bonds. The first-order valence-corrected chi connectivity index (χ1v) is 9.00. The lowest BCUT2D eigenvalue weighted by atomic mass is 9.76. The van der Waals surface area contributed by atoms with Crippen LogP contribution in [0.15, 0.2) is 59.7 Å². The van der Waals surface area contributed by atoms with E-state index in [1.54, 1.807) is 0 Å². The van der Waals surface area contributed by atoms with Crippen molar-refractivity contribution in [2.45, 2.75) is 57.3 Å². The van der Waals surface area contributed by atoms with Crippen LogP contribution in [0, 0.1) is 0 Å². The lowest BCUT2D eigenvalue weighted by Gasteiger charge is -2.27. The number of allylic oxidation sites excluding steroid dienone is 4. The maximum absolute atomic E-state index is 11.9. The van der Waals surface area contributed by atoms with Gasteiger partial charge in [0.25, 0.3) is 0 Å². The molecule has 0 heterocycles. The highest BCUT2D eigenvalue weighted by Gasteiger charge is 2.27. The smallest absolute Gasteiger partial charge is 0.240 e. The third kappa shape index (κ3) is 5.48. The van der Waals surface area contributed by atoms with Crippen LogP contribution in [-0.2, 0) is 10.2 Å². The van der Waals surface area contributed by atoms with E-state index in [2.05, 4.69) is 41.7 Å². The zero-order chi connectivity index (χ0) is 17.1. The lowest BCUT2D eigenvalue weighted by Crippen LogP contribution is -2.28. The number of amides is 1. The van der Waals surface area contributed by atoms with Crippen LogP contribution in [0.1, 0.15) is 57.4 Å². The molecule has 3 heteroatoms. The zero-order valence-electron chi connectivity index (χ0n) is 14.6. The van der Waals surface area contributed by atoms with Crippen molar-refractivity contribution in [1.82, 2.24) is 5.43 Å². The van der Waals surface area contributed by atoms with Crippen LogP contribution < -0.4 is 5.43 Å². The summed E-state index contributed by atoms with van der Waals surface area (Å²) in [5.41, 5.74) is 3.60. The molecule has 1 aliphatic rings. The summed E-state index contributed by atoms with van der Waals surface area (Å²) >= 11 is 0. The molecule has 3 nitrogen and oxygen atoms in total. The van der Waals surface area contributed by atoms with Gasteiger partial charge in [-0.2, -0.15) is 5.10 Å². The van der Waals surface area contributed by atoms with E-state index in [1.165, 1.54) is 24.8 Å². The van der Waals surface area contributed by atoms with Gasteiger partial charge < -0.3 is 0 Å². The van der Waals surface area contributed by atoms with Crippen LogP contribution in [-0.4, -0.2) is 12.1 Å². The minimum Gasteiger partial charge on any atom is -0.273 e. The Kier molecular flexibility index (Phi) is 7.47. The zero-order valence-corrected chi connectivity index (χ0v) is 14.6. The third-order valence-corrected chi connectivity index (χ3v) is 4.40. The van der Waals surface area contributed by atoms with Gasteiger partial charge in [-0.1, -0.05) is 87.2 Å². The number of nitrogens with one attached hydrogen (secondary N) is 1. The second-order valence-corrected chi connectivity index (χ2v) is 6.36. The highest BCUT2D eigenvalue weighted by Crippen LogP contribution is 2.30. The van der Waals surface area contributed by atoms with E-state index >= 15 is 0 Å². The summed E-state index contributed by atoms with van der Waals surface area (Å²) in [6.45, 7) is 2.19. The number of hydrogen-bond donors (Lipinski definition) is 1. The van der Waals surface area contributed by atoms with Gasteiger partial charge >= 0.3 is 0 Å². The number of hydrogen-bond acceptors (Lipinski definition) is 2. The lowest BCUT2D eigenvalue weighted by molar-refractivity contribution is -0.121. The van der Waals surface area contributed by atoms with Crippen molar-refractivity contribution in [3.05, 3.63) is 60.2 Å². The van der Waals surface area contributed by atoms with Crippen LogP contribution in [0.5, 0.6) is 0 Å². The molecule has 1 N–H and O–H groups in total. The van der Waals surface area contributed by atoms with Gasteiger partial charge in [-0.05, 0) is 18.4 Å². The van der Waals surface area contributed by atoms with Gasteiger partial charge in [-0.3, -0.25) is 4.79 Å². The first kappa shape index (κ1) is 18.2. The number of nitrogens with zero attached hydrogens (tertiary/aromatic N) is 1. The molecule has 0 bridgehead atoms. The van der Waals surface area contributed by atoms with E-state index in [-0.39, 0.29) is 11.3 Å². The molecule has 0 spiro atoms. The largest absolute Gasteiger partial charge is 0.273 e. The third-order valence-electron chi connectivity index (χ3n) is 4.40. The molecule has 2 rings (SSSR count). The Bertz CT molecular complexity index is 589. The molecule has 1 atom stereocenters. The predicted molar refractivity (Wildman–Crippen MR) is 101 cm³/mol. The Morgan fingerprint density at radius 2 is 1.96 bits per heavy atom. The van der Waals surface area contributed by atoms with E-state index in [0.29, 0.717) is 6.42 Å². The highest BCUT2D eigenvalue weighted by molar-refractivity contribution is 5.81. The second kappa shape index (κ2) is 9.86. The summed E-state index contributed by atoms with van der Waals surface area (Å²) in [6, 6.07) is 10.3. The maximum atomic E-state index is 11.9. The van der Waals surface area contributed by atoms with E-state index < -0.39 is 0 Å². The second-order valence-electron chi connectivity index (χ2n) is 6.36. The highest BCUT2D eigenvalue weighted by atomic mass is 16.2. The molecule has 1 aliphatic carbocycles. The average Bonchev–Trinajstić information content (AvgIpc) is 2.63. The Morgan fingerprint density at radius 1 is 1.17 bits per heavy atom. The minimum atomic E-state index is -0.273. The van der Waals surface area contributed by atoms with Gasteiger partial charge in [0, 0.05) is 12.6 Å². The predicted octanol–water partition coefficient (Wildman–Crippen LogP) is 4.90. The molecule has 0 aromatic heterocycles. The first-order valence-electron chi connectivity index (χ1n) is 9.00. The van der Waals surface area contributed by atoms with Gasteiger partial charge in [-0.15, -0.1) is 0 Å². The standard InChI is InChI=1S/C21H28N2O/c1-2-3-4-5-10-15-20(24)23-22-18-21(16-11-7-12-17-21)19-13-8-6-9-14-19/h6-9,11-14,16,18H,2-5,10,15,17H2,1H3,(H,23,24)/b22-18-. The summed E-state index contributed by atoms with van der Waals surface area (Å²) in [6.07, 6.45) is 17.4. The molecule has 1 aromatic rings. The monoisotopic (exact) mass is 324 g/mol. The fourth-order valence-corrected chi connectivity index (χ4v) is 2.93. The van der Waals surface area contributed by atoms with E-state index in [1.807, 2.05) is 36.6 Å². The van der Waals surface area contributed by atoms with Gasteiger partial charge in [0.2, 0.25) is 5.91 Å². The molecule has 0 radical (unpaired) electrons. The number of carbonyl (C=O) groups excluding carboxylic acids is 1. The van der Waals surface area contributed by atoms with Gasteiger partial charge in [0.1, 0.15) is 0 Å². The fraction of sp³-hybridized carbons (Fsp3) is 0.429. The van der Waals surface area contributed by atoms with Crippen molar-refractivity contribution in [3.63, 3.8) is 0 Å². The summed E-state index contributed by atoms with van der Waals surface area (Å²) < 4.78 is 0. The van der Waals surface area contributed by atoms with Crippen molar-refractivity contribution in [3.8, 4) is 0 Å². The van der Waals surface area contributed by atoms with Crippen molar-refractivity contribution in [2.75, 3.05) is 0 Å².